The topological polar surface area (TPSA) is 124 Å². The lowest BCUT2D eigenvalue weighted by Gasteiger charge is -2.23. The number of rotatable bonds is 2. The van der Waals surface area contributed by atoms with Crippen LogP contribution in [0.15, 0.2) is 0 Å². The van der Waals surface area contributed by atoms with Crippen LogP contribution >= 0.6 is 0 Å². The van der Waals surface area contributed by atoms with Crippen LogP contribution in [0.25, 0.3) is 0 Å². The third kappa shape index (κ3) is 1.02. The van der Waals surface area contributed by atoms with Crippen LogP contribution in [0.2, 0.25) is 0 Å². The average Bonchev–Trinajstić information content (AvgIpc) is 2.72. The molecule has 5 unspecified atom stereocenters. The third-order valence-electron chi connectivity index (χ3n) is 3.46. The molecule has 0 aromatic rings. The zero-order valence-electron chi connectivity index (χ0n) is 7.37. The highest BCUT2D eigenvalue weighted by molar-refractivity contribution is 5.80. The first-order valence-corrected chi connectivity index (χ1v) is 4.46. The predicted octanol–water partition coefficient (Wildman–Crippen LogP) is -2.29. The van der Waals surface area contributed by atoms with Gasteiger partial charge in [0.15, 0.2) is 6.29 Å². The molecule has 0 radical (unpaired) electrons. The van der Waals surface area contributed by atoms with E-state index >= 15 is 0 Å². The minimum Gasteiger partial charge on any atom is -0.480 e. The second-order valence-corrected chi connectivity index (χ2v) is 4.21. The zero-order valence-corrected chi connectivity index (χ0v) is 7.37. The maximum Gasteiger partial charge on any atom is 0.324 e. The molecule has 0 aromatic carbocycles. The van der Waals surface area contributed by atoms with E-state index in [1.165, 1.54) is 0 Å². The second-order valence-electron chi connectivity index (χ2n) is 4.21. The third-order valence-corrected chi connectivity index (χ3v) is 3.46. The molecule has 6 heteroatoms. The van der Waals surface area contributed by atoms with Gasteiger partial charge in [-0.15, -0.1) is 0 Å². The van der Waals surface area contributed by atoms with Gasteiger partial charge in [-0.25, -0.2) is 0 Å². The lowest BCUT2D eigenvalue weighted by Crippen LogP contribution is -2.50. The molecule has 0 saturated heterocycles. The molecule has 0 aromatic heterocycles. The molecule has 2 fully saturated rings. The number of aliphatic carboxylic acids is 1. The SMILES string of the molecule is NC1(C(=O)O)CC(O)C2C(C(O)O)C21. The number of carboxylic acid groups (broad SMARTS) is 1. The van der Waals surface area contributed by atoms with Crippen molar-refractivity contribution < 1.29 is 25.2 Å². The van der Waals surface area contributed by atoms with Gasteiger partial charge in [-0.1, -0.05) is 0 Å². The minimum atomic E-state index is -1.60. The van der Waals surface area contributed by atoms with Crippen molar-refractivity contribution in [3.05, 3.63) is 0 Å². The van der Waals surface area contributed by atoms with Gasteiger partial charge in [0, 0.05) is 18.3 Å². The van der Waals surface area contributed by atoms with Gasteiger partial charge in [0.25, 0.3) is 0 Å². The monoisotopic (exact) mass is 203 g/mol. The van der Waals surface area contributed by atoms with Gasteiger partial charge in [-0.2, -0.15) is 0 Å². The molecular weight excluding hydrogens is 190 g/mol. The summed E-state index contributed by atoms with van der Waals surface area (Å²) in [5.74, 6) is -2.68. The molecule has 80 valence electrons. The van der Waals surface area contributed by atoms with Crippen LogP contribution in [0.5, 0.6) is 0 Å². The fourth-order valence-corrected chi connectivity index (χ4v) is 2.77. The van der Waals surface area contributed by atoms with Gasteiger partial charge in [-0.05, 0) is 5.92 Å². The summed E-state index contributed by atoms with van der Waals surface area (Å²) in [5, 5.41) is 36.2. The number of hydrogen-bond acceptors (Lipinski definition) is 5. The highest BCUT2D eigenvalue weighted by atomic mass is 16.5. The van der Waals surface area contributed by atoms with Crippen molar-refractivity contribution in [2.24, 2.45) is 23.5 Å². The molecule has 0 amide bonds. The van der Waals surface area contributed by atoms with Crippen LogP contribution in [0.1, 0.15) is 6.42 Å². The van der Waals surface area contributed by atoms with Crippen molar-refractivity contribution in [3.8, 4) is 0 Å². The maximum atomic E-state index is 10.9. The molecule has 6 N–H and O–H groups in total. The van der Waals surface area contributed by atoms with Crippen LogP contribution in [-0.2, 0) is 4.79 Å². The fraction of sp³-hybridized carbons (Fsp3) is 0.875. The summed E-state index contributed by atoms with van der Waals surface area (Å²) in [7, 11) is 0. The summed E-state index contributed by atoms with van der Waals surface area (Å²) in [6.45, 7) is 0. The Hall–Kier alpha value is -0.690. The molecular formula is C8H13NO5. The number of carboxylic acids is 1. The summed E-state index contributed by atoms with van der Waals surface area (Å²) in [5.41, 5.74) is 4.12. The largest absolute Gasteiger partial charge is 0.480 e. The Morgan fingerprint density at radius 1 is 1.50 bits per heavy atom. The van der Waals surface area contributed by atoms with Crippen LogP contribution in [0.3, 0.4) is 0 Å². The molecule has 0 bridgehead atoms. The van der Waals surface area contributed by atoms with Crippen molar-refractivity contribution in [2.75, 3.05) is 0 Å². The Kier molecular flexibility index (Phi) is 1.87. The molecule has 14 heavy (non-hydrogen) atoms. The highest BCUT2D eigenvalue weighted by Gasteiger charge is 2.72. The van der Waals surface area contributed by atoms with E-state index < -0.39 is 35.7 Å². The number of aliphatic hydroxyl groups is 3. The summed E-state index contributed by atoms with van der Waals surface area (Å²) in [6.07, 6.45) is -2.45. The van der Waals surface area contributed by atoms with E-state index in [1.54, 1.807) is 0 Å². The second kappa shape index (κ2) is 2.66. The standard InChI is InChI=1S/C8H13NO5/c9-8(7(13)14)1-2(10)3-4(5(3)8)6(11)12/h2-6,10-12H,1,9H2,(H,13,14). The Morgan fingerprint density at radius 2 is 2.07 bits per heavy atom. The molecule has 2 saturated carbocycles. The van der Waals surface area contributed by atoms with Gasteiger partial charge >= 0.3 is 5.97 Å². The number of fused-ring (bicyclic) bond motifs is 1. The Morgan fingerprint density at radius 3 is 2.43 bits per heavy atom. The lowest BCUT2D eigenvalue weighted by molar-refractivity contribution is -0.145. The summed E-state index contributed by atoms with van der Waals surface area (Å²) >= 11 is 0. The predicted molar refractivity (Wildman–Crippen MR) is 43.9 cm³/mol. The quantitative estimate of drug-likeness (QED) is 0.322. The Balaban J connectivity index is 2.22. The van der Waals surface area contributed by atoms with E-state index in [2.05, 4.69) is 0 Å². The van der Waals surface area contributed by atoms with Crippen molar-refractivity contribution in [2.45, 2.75) is 24.4 Å². The van der Waals surface area contributed by atoms with Gasteiger partial charge in [0.2, 0.25) is 0 Å². The van der Waals surface area contributed by atoms with E-state index in [4.69, 9.17) is 21.1 Å². The van der Waals surface area contributed by atoms with E-state index in [9.17, 15) is 9.90 Å². The van der Waals surface area contributed by atoms with Crippen molar-refractivity contribution in [1.82, 2.24) is 0 Å². The highest BCUT2D eigenvalue weighted by Crippen LogP contribution is 2.62. The minimum absolute atomic E-state index is 0.0130. The van der Waals surface area contributed by atoms with E-state index in [1.807, 2.05) is 0 Å². The Bertz CT molecular complexity index is 277. The fourth-order valence-electron chi connectivity index (χ4n) is 2.77. The molecule has 2 aliphatic rings. The Labute approximate surface area is 80.0 Å². The number of hydrogen-bond donors (Lipinski definition) is 5. The van der Waals surface area contributed by atoms with Gasteiger partial charge < -0.3 is 26.2 Å². The molecule has 2 rings (SSSR count). The normalized spacial score (nSPS) is 50.6. The molecule has 6 nitrogen and oxygen atoms in total. The van der Waals surface area contributed by atoms with Crippen molar-refractivity contribution in [3.63, 3.8) is 0 Å². The van der Waals surface area contributed by atoms with E-state index in [-0.39, 0.29) is 12.3 Å². The van der Waals surface area contributed by atoms with Gasteiger partial charge in [-0.3, -0.25) is 4.79 Å². The van der Waals surface area contributed by atoms with Crippen molar-refractivity contribution in [1.29, 1.82) is 0 Å². The number of nitrogens with two attached hydrogens (primary N) is 1. The van der Waals surface area contributed by atoms with Crippen LogP contribution in [0.4, 0.5) is 0 Å². The lowest BCUT2D eigenvalue weighted by atomic mass is 9.91. The number of aliphatic hydroxyl groups excluding tert-OH is 2. The van der Waals surface area contributed by atoms with Crippen LogP contribution in [-0.4, -0.2) is 44.3 Å². The summed E-state index contributed by atoms with van der Waals surface area (Å²) in [4.78, 5) is 10.9. The van der Waals surface area contributed by atoms with Gasteiger partial charge in [0.1, 0.15) is 5.54 Å². The van der Waals surface area contributed by atoms with Crippen LogP contribution < -0.4 is 5.73 Å². The summed E-state index contributed by atoms with van der Waals surface area (Å²) in [6, 6.07) is 0. The van der Waals surface area contributed by atoms with Crippen LogP contribution in [0, 0.1) is 17.8 Å². The maximum absolute atomic E-state index is 10.9. The average molecular weight is 203 g/mol. The molecule has 0 heterocycles. The molecule has 5 atom stereocenters. The van der Waals surface area contributed by atoms with Crippen molar-refractivity contribution >= 4 is 5.97 Å². The van der Waals surface area contributed by atoms with Gasteiger partial charge in [0.05, 0.1) is 6.10 Å². The smallest absolute Gasteiger partial charge is 0.324 e. The summed E-state index contributed by atoms with van der Waals surface area (Å²) < 4.78 is 0. The molecule has 0 aliphatic heterocycles. The van der Waals surface area contributed by atoms with E-state index in [0.717, 1.165) is 0 Å². The van der Waals surface area contributed by atoms with E-state index in [0.29, 0.717) is 0 Å². The molecule has 2 aliphatic carbocycles. The first-order chi connectivity index (χ1) is 6.39. The first-order valence-electron chi connectivity index (χ1n) is 4.46. The number of carbonyl (C=O) groups is 1. The zero-order chi connectivity index (χ0) is 10.7. The molecule has 0 spiro atoms. The first kappa shape index (κ1) is 9.85.